The molecule has 0 bridgehead atoms. The second kappa shape index (κ2) is 6.14. The molecule has 0 radical (unpaired) electrons. The minimum atomic E-state index is -0.253. The topological polar surface area (TPSA) is 32.6 Å². The summed E-state index contributed by atoms with van der Waals surface area (Å²) in [5.41, 5.74) is 2.59. The first-order chi connectivity index (χ1) is 9.20. The van der Waals surface area contributed by atoms with Crippen LogP contribution >= 0.6 is 0 Å². The van der Waals surface area contributed by atoms with Crippen LogP contribution in [0.4, 0.5) is 4.39 Å². The molecule has 0 aliphatic heterocycles. The van der Waals surface area contributed by atoms with Crippen molar-refractivity contribution in [2.45, 2.75) is 19.3 Å². The Bertz CT molecular complexity index is 566. The first-order valence-electron chi connectivity index (χ1n) is 6.18. The summed E-state index contributed by atoms with van der Waals surface area (Å²) in [4.78, 5) is 0. The lowest BCUT2D eigenvalue weighted by molar-refractivity contribution is 0.317. The molecule has 1 atom stereocenters. The van der Waals surface area contributed by atoms with Crippen LogP contribution in [0.25, 0.3) is 0 Å². The van der Waals surface area contributed by atoms with E-state index in [1.54, 1.807) is 13.0 Å². The molecule has 3 heteroatoms. The Kier molecular flexibility index (Phi) is 4.29. The van der Waals surface area contributed by atoms with E-state index in [0.29, 0.717) is 12.1 Å². The fraction of sp³-hybridized carbons (Fsp3) is 0.188. The number of oxime groups is 1. The van der Waals surface area contributed by atoms with E-state index in [1.807, 2.05) is 36.4 Å². The molecule has 0 amide bonds. The third-order valence-corrected chi connectivity index (χ3v) is 3.12. The summed E-state index contributed by atoms with van der Waals surface area (Å²) >= 11 is 0. The van der Waals surface area contributed by atoms with Gasteiger partial charge < -0.3 is 5.21 Å². The van der Waals surface area contributed by atoms with Crippen LogP contribution in [0.2, 0.25) is 0 Å². The van der Waals surface area contributed by atoms with Gasteiger partial charge in [-0.3, -0.25) is 0 Å². The average Bonchev–Trinajstić information content (AvgIpc) is 2.45. The van der Waals surface area contributed by atoms with Gasteiger partial charge in [-0.05, 0) is 36.6 Å². The molecule has 0 spiro atoms. The van der Waals surface area contributed by atoms with Crippen molar-refractivity contribution in [2.75, 3.05) is 0 Å². The highest BCUT2D eigenvalue weighted by Crippen LogP contribution is 2.28. The molecule has 2 aromatic carbocycles. The van der Waals surface area contributed by atoms with Gasteiger partial charge in [0.2, 0.25) is 0 Å². The Morgan fingerprint density at radius 2 is 1.79 bits per heavy atom. The van der Waals surface area contributed by atoms with E-state index >= 15 is 0 Å². The van der Waals surface area contributed by atoms with Crippen LogP contribution in [-0.4, -0.2) is 10.9 Å². The fourth-order valence-electron chi connectivity index (χ4n) is 2.17. The minimum Gasteiger partial charge on any atom is -0.411 e. The van der Waals surface area contributed by atoms with Crippen LogP contribution < -0.4 is 0 Å². The summed E-state index contributed by atoms with van der Waals surface area (Å²) < 4.78 is 13.4. The van der Waals surface area contributed by atoms with Gasteiger partial charge in [-0.2, -0.15) is 0 Å². The van der Waals surface area contributed by atoms with Crippen LogP contribution in [0.15, 0.2) is 59.8 Å². The Balaban J connectivity index is 2.40. The number of hydrogen-bond donors (Lipinski definition) is 1. The van der Waals surface area contributed by atoms with Gasteiger partial charge in [0.1, 0.15) is 5.82 Å². The smallest absolute Gasteiger partial charge is 0.123 e. The molecule has 0 saturated carbocycles. The Morgan fingerprint density at radius 3 is 2.42 bits per heavy atom. The normalized spacial score (nSPS) is 13.3. The molecule has 2 rings (SSSR count). The quantitative estimate of drug-likeness (QED) is 0.497. The van der Waals surface area contributed by atoms with Crippen molar-refractivity contribution >= 4 is 5.71 Å². The summed E-state index contributed by atoms with van der Waals surface area (Å²) in [5, 5.41) is 12.1. The molecular weight excluding hydrogens is 241 g/mol. The SMILES string of the molecule is C/C(CC(c1ccccc1)c1cccc(F)c1)=N\O. The lowest BCUT2D eigenvalue weighted by Gasteiger charge is -2.17. The highest BCUT2D eigenvalue weighted by molar-refractivity contribution is 5.82. The van der Waals surface area contributed by atoms with Gasteiger partial charge >= 0.3 is 0 Å². The van der Waals surface area contributed by atoms with Gasteiger partial charge in [0.15, 0.2) is 0 Å². The van der Waals surface area contributed by atoms with E-state index in [2.05, 4.69) is 5.16 Å². The predicted octanol–water partition coefficient (Wildman–Crippen LogP) is 4.20. The summed E-state index contributed by atoms with van der Waals surface area (Å²) in [7, 11) is 0. The maximum Gasteiger partial charge on any atom is 0.123 e. The molecule has 0 aliphatic rings. The standard InChI is InChI=1S/C16H16FNO/c1-12(18-19)10-16(13-6-3-2-4-7-13)14-8-5-9-15(17)11-14/h2-9,11,16,19H,10H2,1H3/b18-12+. The molecular formula is C16H16FNO. The van der Waals surface area contributed by atoms with Crippen molar-refractivity contribution in [1.29, 1.82) is 0 Å². The lowest BCUT2D eigenvalue weighted by atomic mass is 9.87. The Morgan fingerprint density at radius 1 is 1.11 bits per heavy atom. The zero-order valence-electron chi connectivity index (χ0n) is 10.8. The van der Waals surface area contributed by atoms with Crippen molar-refractivity contribution in [3.05, 3.63) is 71.5 Å². The van der Waals surface area contributed by atoms with Crippen molar-refractivity contribution < 1.29 is 9.60 Å². The minimum absolute atomic E-state index is 0.00667. The molecule has 1 N–H and O–H groups in total. The van der Waals surface area contributed by atoms with Crippen molar-refractivity contribution in [3.8, 4) is 0 Å². The molecule has 1 unspecified atom stereocenters. The van der Waals surface area contributed by atoms with E-state index < -0.39 is 0 Å². The zero-order valence-corrected chi connectivity index (χ0v) is 10.8. The van der Waals surface area contributed by atoms with Gasteiger partial charge in [0.05, 0.1) is 5.71 Å². The first-order valence-corrected chi connectivity index (χ1v) is 6.18. The molecule has 19 heavy (non-hydrogen) atoms. The summed E-state index contributed by atoms with van der Waals surface area (Å²) in [6.45, 7) is 1.76. The third kappa shape index (κ3) is 3.41. The van der Waals surface area contributed by atoms with Crippen molar-refractivity contribution in [1.82, 2.24) is 0 Å². The van der Waals surface area contributed by atoms with E-state index in [4.69, 9.17) is 5.21 Å². The first kappa shape index (κ1) is 13.3. The second-order valence-electron chi connectivity index (χ2n) is 4.56. The van der Waals surface area contributed by atoms with E-state index in [0.717, 1.165) is 11.1 Å². The van der Waals surface area contributed by atoms with E-state index in [9.17, 15) is 4.39 Å². The van der Waals surface area contributed by atoms with Gasteiger partial charge in [-0.15, -0.1) is 0 Å². The second-order valence-corrected chi connectivity index (χ2v) is 4.56. The molecule has 0 aliphatic carbocycles. The van der Waals surface area contributed by atoms with Crippen LogP contribution in [0, 0.1) is 5.82 Å². The molecule has 98 valence electrons. The maximum absolute atomic E-state index is 13.4. The largest absolute Gasteiger partial charge is 0.411 e. The Labute approximate surface area is 112 Å². The van der Waals surface area contributed by atoms with Gasteiger partial charge in [-0.25, -0.2) is 4.39 Å². The number of halogens is 1. The van der Waals surface area contributed by atoms with Gasteiger partial charge in [0.25, 0.3) is 0 Å². The zero-order chi connectivity index (χ0) is 13.7. The molecule has 0 saturated heterocycles. The predicted molar refractivity (Wildman–Crippen MR) is 74.2 cm³/mol. The number of rotatable bonds is 4. The van der Waals surface area contributed by atoms with Crippen molar-refractivity contribution in [2.24, 2.45) is 5.16 Å². The number of nitrogens with zero attached hydrogens (tertiary/aromatic N) is 1. The van der Waals surface area contributed by atoms with Gasteiger partial charge in [0, 0.05) is 5.92 Å². The molecule has 0 heterocycles. The maximum atomic E-state index is 13.4. The van der Waals surface area contributed by atoms with Crippen LogP contribution in [0.3, 0.4) is 0 Å². The molecule has 0 aromatic heterocycles. The summed E-state index contributed by atoms with van der Waals surface area (Å²) in [6, 6.07) is 16.4. The molecule has 2 aromatic rings. The third-order valence-electron chi connectivity index (χ3n) is 3.12. The number of hydrogen-bond acceptors (Lipinski definition) is 2. The average molecular weight is 257 g/mol. The monoisotopic (exact) mass is 257 g/mol. The van der Waals surface area contributed by atoms with Crippen LogP contribution in [0.1, 0.15) is 30.4 Å². The molecule has 2 nitrogen and oxygen atoms in total. The van der Waals surface area contributed by atoms with E-state index in [-0.39, 0.29) is 11.7 Å². The summed E-state index contributed by atoms with van der Waals surface area (Å²) in [6.07, 6.45) is 0.559. The van der Waals surface area contributed by atoms with Gasteiger partial charge in [-0.1, -0.05) is 47.6 Å². The fourth-order valence-corrected chi connectivity index (χ4v) is 2.17. The van der Waals surface area contributed by atoms with E-state index in [1.165, 1.54) is 12.1 Å². The number of benzene rings is 2. The highest BCUT2D eigenvalue weighted by atomic mass is 19.1. The van der Waals surface area contributed by atoms with Crippen molar-refractivity contribution in [3.63, 3.8) is 0 Å². The molecule has 0 fully saturated rings. The lowest BCUT2D eigenvalue weighted by Crippen LogP contribution is -2.07. The summed E-state index contributed by atoms with van der Waals surface area (Å²) in [5.74, 6) is -0.259. The van der Waals surface area contributed by atoms with Crippen LogP contribution in [-0.2, 0) is 0 Å². The Hall–Kier alpha value is -2.16. The highest BCUT2D eigenvalue weighted by Gasteiger charge is 2.16. The van der Waals surface area contributed by atoms with Crippen LogP contribution in [0.5, 0.6) is 0 Å².